The number of carbonyl (C=O) groups excluding carboxylic acids is 1. The van der Waals surface area contributed by atoms with Gasteiger partial charge in [-0.15, -0.1) is 0 Å². The van der Waals surface area contributed by atoms with Crippen molar-refractivity contribution in [2.24, 2.45) is 5.73 Å². The van der Waals surface area contributed by atoms with Crippen LogP contribution in [0.15, 0.2) is 0 Å². The van der Waals surface area contributed by atoms with Crippen molar-refractivity contribution in [3.63, 3.8) is 0 Å². The maximum atomic E-state index is 10.7. The van der Waals surface area contributed by atoms with Gasteiger partial charge in [-0.1, -0.05) is 0 Å². The minimum atomic E-state index is -2.75. The van der Waals surface area contributed by atoms with Crippen molar-refractivity contribution >= 4 is 14.8 Å². The van der Waals surface area contributed by atoms with Gasteiger partial charge in [0, 0.05) is 30.9 Å². The van der Waals surface area contributed by atoms with Gasteiger partial charge in [0.1, 0.15) is 0 Å². The third-order valence-electron chi connectivity index (χ3n) is 2.20. The lowest BCUT2D eigenvalue weighted by molar-refractivity contribution is 0.00292. The van der Waals surface area contributed by atoms with Gasteiger partial charge in [0.15, 0.2) is 0 Å². The lowest BCUT2D eigenvalue weighted by Gasteiger charge is -2.34. The second-order valence-electron chi connectivity index (χ2n) is 5.58. The van der Waals surface area contributed by atoms with Gasteiger partial charge in [-0.25, -0.2) is 4.79 Å². The van der Waals surface area contributed by atoms with Crippen LogP contribution < -0.4 is 11.1 Å². The predicted molar refractivity (Wildman–Crippen MR) is 81.4 cm³/mol. The average Bonchev–Trinajstić information content (AvgIpc) is 2.20. The first-order valence-corrected chi connectivity index (χ1v) is 9.17. The van der Waals surface area contributed by atoms with E-state index in [1.807, 2.05) is 41.5 Å². The van der Waals surface area contributed by atoms with Gasteiger partial charge < -0.3 is 24.3 Å². The maximum absolute atomic E-state index is 10.7. The summed E-state index contributed by atoms with van der Waals surface area (Å²) in [6.07, 6.45) is 0.802. The van der Waals surface area contributed by atoms with Crippen molar-refractivity contribution in [2.75, 3.05) is 6.54 Å². The van der Waals surface area contributed by atoms with Gasteiger partial charge in [-0.3, -0.25) is 0 Å². The lowest BCUT2D eigenvalue weighted by Crippen LogP contribution is -2.51. The summed E-state index contributed by atoms with van der Waals surface area (Å²) < 4.78 is 18.1. The summed E-state index contributed by atoms with van der Waals surface area (Å²) in [6, 6.07) is 0.138. The maximum Gasteiger partial charge on any atom is 0.501 e. The van der Waals surface area contributed by atoms with E-state index in [-0.39, 0.29) is 18.3 Å². The molecule has 0 fully saturated rings. The summed E-state index contributed by atoms with van der Waals surface area (Å²) in [7, 11) is -2.75. The van der Waals surface area contributed by atoms with Crippen LogP contribution in [-0.2, 0) is 13.3 Å². The molecule has 0 aliphatic heterocycles. The number of primary amides is 1. The van der Waals surface area contributed by atoms with Crippen molar-refractivity contribution in [1.82, 2.24) is 5.32 Å². The first-order chi connectivity index (χ1) is 9.17. The Morgan fingerprint density at radius 3 is 1.70 bits per heavy atom. The number of amides is 2. The third kappa shape index (κ3) is 9.30. The molecule has 120 valence electrons. The Hall–Kier alpha value is -0.633. The molecule has 20 heavy (non-hydrogen) atoms. The standard InChI is InChI=1S/C13H30N2O4Si/c1-10(2)17-20(18-11(3)4,19-12(5)6)9-7-8-15-13(14)16/h10-12H,7-9H2,1-6H3,(H3,14,15,16). The molecule has 0 rings (SSSR count). The number of urea groups is 1. The topological polar surface area (TPSA) is 82.8 Å². The molecule has 6 nitrogen and oxygen atoms in total. The van der Waals surface area contributed by atoms with Gasteiger partial charge >= 0.3 is 14.8 Å². The van der Waals surface area contributed by atoms with Crippen LogP contribution in [0.5, 0.6) is 0 Å². The molecule has 0 heterocycles. The number of nitrogens with two attached hydrogens (primary N) is 1. The van der Waals surface area contributed by atoms with Crippen LogP contribution in [-0.4, -0.2) is 39.7 Å². The van der Waals surface area contributed by atoms with Gasteiger partial charge in [0.2, 0.25) is 0 Å². The summed E-state index contributed by atoms with van der Waals surface area (Å²) in [5.74, 6) is 0. The van der Waals surface area contributed by atoms with Crippen LogP contribution in [0, 0.1) is 0 Å². The fraction of sp³-hybridized carbons (Fsp3) is 0.923. The minimum Gasteiger partial charge on any atom is -0.371 e. The molecule has 0 saturated heterocycles. The van der Waals surface area contributed by atoms with Crippen molar-refractivity contribution in [2.45, 2.75) is 72.3 Å². The van der Waals surface area contributed by atoms with Crippen molar-refractivity contribution in [3.05, 3.63) is 0 Å². The van der Waals surface area contributed by atoms with E-state index in [1.165, 1.54) is 0 Å². The van der Waals surface area contributed by atoms with Gasteiger partial charge in [0.25, 0.3) is 0 Å². The third-order valence-corrected chi connectivity index (χ3v) is 5.66. The molecular weight excluding hydrogens is 276 g/mol. The molecule has 3 N–H and O–H groups in total. The van der Waals surface area contributed by atoms with Crippen LogP contribution in [0.25, 0.3) is 0 Å². The Labute approximate surface area is 123 Å². The molecule has 0 spiro atoms. The van der Waals surface area contributed by atoms with Crippen LogP contribution in [0.2, 0.25) is 6.04 Å². The summed E-state index contributed by atoms with van der Waals surface area (Å²) in [4.78, 5) is 10.7. The fourth-order valence-corrected chi connectivity index (χ4v) is 5.14. The Bertz CT molecular complexity index is 259. The zero-order chi connectivity index (χ0) is 15.8. The number of rotatable bonds is 10. The highest BCUT2D eigenvalue weighted by atomic mass is 28.4. The molecule has 0 unspecified atom stereocenters. The zero-order valence-electron chi connectivity index (χ0n) is 13.6. The Balaban J connectivity index is 4.72. The first kappa shape index (κ1) is 19.4. The van der Waals surface area contributed by atoms with E-state index in [0.717, 1.165) is 0 Å². The van der Waals surface area contributed by atoms with Crippen molar-refractivity contribution in [3.8, 4) is 0 Å². The molecule has 0 aromatic heterocycles. The molecule has 0 aromatic rings. The molecule has 0 radical (unpaired) electrons. The normalized spacial score (nSPS) is 12.4. The zero-order valence-corrected chi connectivity index (χ0v) is 14.6. The fourth-order valence-electron chi connectivity index (χ4n) is 1.85. The Morgan fingerprint density at radius 2 is 1.40 bits per heavy atom. The Kier molecular flexibility index (Phi) is 9.03. The van der Waals surface area contributed by atoms with E-state index in [9.17, 15) is 4.79 Å². The van der Waals surface area contributed by atoms with Gasteiger partial charge in [-0.2, -0.15) is 0 Å². The summed E-state index contributed by atoms with van der Waals surface area (Å²) in [5, 5.41) is 2.57. The molecule has 0 saturated carbocycles. The van der Waals surface area contributed by atoms with E-state index in [0.29, 0.717) is 19.0 Å². The van der Waals surface area contributed by atoms with E-state index in [4.69, 9.17) is 19.0 Å². The molecule has 0 atom stereocenters. The minimum absolute atomic E-state index is 0.0308. The van der Waals surface area contributed by atoms with E-state index in [1.54, 1.807) is 0 Å². The van der Waals surface area contributed by atoms with Crippen LogP contribution in [0.3, 0.4) is 0 Å². The Morgan fingerprint density at radius 1 is 1.00 bits per heavy atom. The number of hydrogen-bond acceptors (Lipinski definition) is 4. The number of nitrogens with one attached hydrogen (secondary N) is 1. The monoisotopic (exact) mass is 306 g/mol. The summed E-state index contributed by atoms with van der Waals surface area (Å²) in [5.41, 5.74) is 5.05. The molecule has 2 amide bonds. The van der Waals surface area contributed by atoms with Crippen LogP contribution in [0.1, 0.15) is 48.0 Å². The lowest BCUT2D eigenvalue weighted by atomic mass is 10.5. The first-order valence-electron chi connectivity index (χ1n) is 7.23. The van der Waals surface area contributed by atoms with Crippen molar-refractivity contribution in [1.29, 1.82) is 0 Å². The van der Waals surface area contributed by atoms with Crippen LogP contribution in [0.4, 0.5) is 4.79 Å². The van der Waals surface area contributed by atoms with E-state index < -0.39 is 14.8 Å². The second kappa shape index (κ2) is 9.33. The quantitative estimate of drug-likeness (QED) is 0.479. The largest absolute Gasteiger partial charge is 0.501 e. The van der Waals surface area contributed by atoms with Crippen LogP contribution >= 0.6 is 0 Å². The SMILES string of the molecule is CC(C)O[Si](CCCNC(N)=O)(OC(C)C)OC(C)C. The molecular formula is C13H30N2O4Si. The smallest absolute Gasteiger partial charge is 0.371 e. The molecule has 7 heteroatoms. The van der Waals surface area contributed by atoms with Gasteiger partial charge in [0.05, 0.1) is 0 Å². The number of hydrogen-bond donors (Lipinski definition) is 2. The van der Waals surface area contributed by atoms with E-state index >= 15 is 0 Å². The average molecular weight is 306 g/mol. The highest BCUT2D eigenvalue weighted by Gasteiger charge is 2.43. The predicted octanol–water partition coefficient (Wildman–Crippen LogP) is 2.26. The summed E-state index contributed by atoms with van der Waals surface area (Å²) >= 11 is 0. The van der Waals surface area contributed by atoms with Crippen molar-refractivity contribution < 1.29 is 18.1 Å². The highest BCUT2D eigenvalue weighted by molar-refractivity contribution is 6.60. The second-order valence-corrected chi connectivity index (χ2v) is 8.15. The van der Waals surface area contributed by atoms with E-state index in [2.05, 4.69) is 5.32 Å². The molecule has 0 aromatic carbocycles. The molecule has 0 aliphatic carbocycles. The molecule has 0 bridgehead atoms. The number of carbonyl (C=O) groups is 1. The van der Waals surface area contributed by atoms with Gasteiger partial charge in [-0.05, 0) is 48.0 Å². The highest BCUT2D eigenvalue weighted by Crippen LogP contribution is 2.23. The summed E-state index contributed by atoms with van der Waals surface area (Å²) in [6.45, 7) is 12.3. The molecule has 0 aliphatic rings.